The first-order chi connectivity index (χ1) is 10.6. The number of benzene rings is 1. The fourth-order valence-corrected chi connectivity index (χ4v) is 2.51. The third-order valence-electron chi connectivity index (χ3n) is 3.70. The van der Waals surface area contributed by atoms with Crippen molar-refractivity contribution < 1.29 is 0 Å². The Morgan fingerprint density at radius 2 is 1.86 bits per heavy atom. The molecule has 0 aliphatic heterocycles. The SMILES string of the molecule is CCCCCCNc1ncn(-c2c(C)cccc2C)c(=O)n1. The smallest absolute Gasteiger partial charge is 0.354 e. The molecule has 0 spiro atoms. The van der Waals surface area contributed by atoms with Gasteiger partial charge in [-0.05, 0) is 31.4 Å². The van der Waals surface area contributed by atoms with Crippen molar-refractivity contribution >= 4 is 5.95 Å². The minimum absolute atomic E-state index is 0.302. The van der Waals surface area contributed by atoms with E-state index in [4.69, 9.17) is 0 Å². The van der Waals surface area contributed by atoms with Crippen LogP contribution in [0.4, 0.5) is 5.95 Å². The second kappa shape index (κ2) is 7.73. The zero-order valence-electron chi connectivity index (χ0n) is 13.6. The Hall–Kier alpha value is -2.17. The van der Waals surface area contributed by atoms with Gasteiger partial charge in [0.15, 0.2) is 0 Å². The molecule has 22 heavy (non-hydrogen) atoms. The number of hydrogen-bond donors (Lipinski definition) is 1. The van der Waals surface area contributed by atoms with Gasteiger partial charge in [0.25, 0.3) is 0 Å². The van der Waals surface area contributed by atoms with Crippen LogP contribution in [0, 0.1) is 13.8 Å². The monoisotopic (exact) mass is 300 g/mol. The van der Waals surface area contributed by atoms with Gasteiger partial charge in [-0.25, -0.2) is 9.78 Å². The number of nitrogens with zero attached hydrogens (tertiary/aromatic N) is 3. The maximum atomic E-state index is 12.3. The molecular formula is C17H24N4O. The third kappa shape index (κ3) is 3.93. The molecule has 0 saturated heterocycles. The average Bonchev–Trinajstić information content (AvgIpc) is 2.49. The number of nitrogens with one attached hydrogen (secondary N) is 1. The molecule has 1 N–H and O–H groups in total. The Morgan fingerprint density at radius 3 is 2.50 bits per heavy atom. The zero-order chi connectivity index (χ0) is 15.9. The maximum absolute atomic E-state index is 12.3. The fraction of sp³-hybridized carbons (Fsp3) is 0.471. The zero-order valence-corrected chi connectivity index (χ0v) is 13.6. The highest BCUT2D eigenvalue weighted by Crippen LogP contribution is 2.16. The van der Waals surface area contributed by atoms with E-state index in [2.05, 4.69) is 22.2 Å². The number of hydrogen-bond acceptors (Lipinski definition) is 4. The van der Waals surface area contributed by atoms with E-state index in [1.54, 1.807) is 6.33 Å². The predicted octanol–water partition coefficient (Wildman–Crippen LogP) is 3.24. The molecule has 1 aromatic carbocycles. The normalized spacial score (nSPS) is 10.7. The van der Waals surface area contributed by atoms with Crippen LogP contribution in [0.1, 0.15) is 43.7 Å². The average molecular weight is 300 g/mol. The van der Waals surface area contributed by atoms with E-state index in [9.17, 15) is 4.79 Å². The molecule has 0 atom stereocenters. The summed E-state index contributed by atoms with van der Waals surface area (Å²) in [6.45, 7) is 6.94. The number of aromatic nitrogens is 3. The van der Waals surface area contributed by atoms with Crippen molar-refractivity contribution in [1.82, 2.24) is 14.5 Å². The van der Waals surface area contributed by atoms with Crippen molar-refractivity contribution in [3.05, 3.63) is 46.1 Å². The van der Waals surface area contributed by atoms with Crippen molar-refractivity contribution in [3.8, 4) is 5.69 Å². The Balaban J connectivity index is 2.12. The number of aryl methyl sites for hydroxylation is 2. The van der Waals surface area contributed by atoms with Gasteiger partial charge in [0.05, 0.1) is 5.69 Å². The Kier molecular flexibility index (Phi) is 5.69. The van der Waals surface area contributed by atoms with Gasteiger partial charge in [-0.2, -0.15) is 4.98 Å². The van der Waals surface area contributed by atoms with Gasteiger partial charge >= 0.3 is 5.69 Å². The van der Waals surface area contributed by atoms with Crippen LogP contribution in [0.3, 0.4) is 0 Å². The summed E-state index contributed by atoms with van der Waals surface area (Å²) in [6.07, 6.45) is 6.25. The lowest BCUT2D eigenvalue weighted by Crippen LogP contribution is -2.25. The molecule has 0 aliphatic carbocycles. The van der Waals surface area contributed by atoms with Gasteiger partial charge < -0.3 is 5.32 Å². The van der Waals surface area contributed by atoms with E-state index in [0.717, 1.165) is 29.8 Å². The quantitative estimate of drug-likeness (QED) is 0.797. The highest BCUT2D eigenvalue weighted by Gasteiger charge is 2.08. The first kappa shape index (κ1) is 16.2. The molecule has 0 saturated carbocycles. The van der Waals surface area contributed by atoms with Crippen molar-refractivity contribution in [2.45, 2.75) is 46.5 Å². The lowest BCUT2D eigenvalue weighted by atomic mass is 10.1. The van der Waals surface area contributed by atoms with Gasteiger partial charge in [0.2, 0.25) is 5.95 Å². The van der Waals surface area contributed by atoms with Gasteiger partial charge in [0, 0.05) is 6.54 Å². The Bertz CT molecular complexity index is 658. The summed E-state index contributed by atoms with van der Waals surface area (Å²) in [4.78, 5) is 20.5. The molecule has 5 heteroatoms. The van der Waals surface area contributed by atoms with Crippen LogP contribution in [0.25, 0.3) is 5.69 Å². The van der Waals surface area contributed by atoms with Gasteiger partial charge in [-0.15, -0.1) is 0 Å². The van der Waals surface area contributed by atoms with Crippen LogP contribution in [0.15, 0.2) is 29.3 Å². The molecule has 0 amide bonds. The molecule has 1 aromatic heterocycles. The topological polar surface area (TPSA) is 59.8 Å². The molecule has 2 aromatic rings. The molecule has 118 valence electrons. The summed E-state index contributed by atoms with van der Waals surface area (Å²) in [5.41, 5.74) is 2.63. The predicted molar refractivity (Wildman–Crippen MR) is 89.7 cm³/mol. The van der Waals surface area contributed by atoms with E-state index in [-0.39, 0.29) is 5.69 Å². The third-order valence-corrected chi connectivity index (χ3v) is 3.70. The summed E-state index contributed by atoms with van der Waals surface area (Å²) in [7, 11) is 0. The van der Waals surface area contributed by atoms with E-state index >= 15 is 0 Å². The highest BCUT2D eigenvalue weighted by atomic mass is 16.1. The highest BCUT2D eigenvalue weighted by molar-refractivity contribution is 5.46. The van der Waals surface area contributed by atoms with Crippen molar-refractivity contribution in [3.63, 3.8) is 0 Å². The van der Waals surface area contributed by atoms with Crippen molar-refractivity contribution in [2.75, 3.05) is 11.9 Å². The summed E-state index contributed by atoms with van der Waals surface area (Å²) in [6, 6.07) is 5.94. The summed E-state index contributed by atoms with van der Waals surface area (Å²) < 4.78 is 1.51. The summed E-state index contributed by atoms with van der Waals surface area (Å²) in [5, 5.41) is 3.12. The first-order valence-electron chi connectivity index (χ1n) is 7.89. The van der Waals surface area contributed by atoms with E-state index in [0.29, 0.717) is 5.95 Å². The molecule has 1 heterocycles. The summed E-state index contributed by atoms with van der Waals surface area (Å²) in [5.74, 6) is 0.406. The largest absolute Gasteiger partial charge is 0.356 e. The van der Waals surface area contributed by atoms with E-state index < -0.39 is 0 Å². The van der Waals surface area contributed by atoms with Crippen LogP contribution < -0.4 is 11.0 Å². The minimum Gasteiger partial charge on any atom is -0.354 e. The fourth-order valence-electron chi connectivity index (χ4n) is 2.51. The van der Waals surface area contributed by atoms with Crippen LogP contribution in [-0.4, -0.2) is 21.1 Å². The number of rotatable bonds is 7. The van der Waals surface area contributed by atoms with Crippen molar-refractivity contribution in [2.24, 2.45) is 0 Å². The number of unbranched alkanes of at least 4 members (excludes halogenated alkanes) is 3. The van der Waals surface area contributed by atoms with Gasteiger partial charge in [-0.3, -0.25) is 4.57 Å². The van der Waals surface area contributed by atoms with Crippen LogP contribution in [0.5, 0.6) is 0 Å². The number of para-hydroxylation sites is 1. The molecule has 2 rings (SSSR count). The molecule has 0 fully saturated rings. The molecule has 0 unspecified atom stereocenters. The molecule has 0 aliphatic rings. The van der Waals surface area contributed by atoms with Gasteiger partial charge in [-0.1, -0.05) is 44.4 Å². The standard InChI is InChI=1S/C17H24N4O/c1-4-5-6-7-11-18-16-19-12-21(17(22)20-16)15-13(2)9-8-10-14(15)3/h8-10,12H,4-7,11H2,1-3H3,(H,18,20,22). The molecule has 0 radical (unpaired) electrons. The molecule has 0 bridgehead atoms. The second-order valence-corrected chi connectivity index (χ2v) is 5.56. The molecular weight excluding hydrogens is 276 g/mol. The Labute approximate surface area is 131 Å². The van der Waals surface area contributed by atoms with Crippen LogP contribution in [-0.2, 0) is 0 Å². The number of anilines is 1. The van der Waals surface area contributed by atoms with Gasteiger partial charge in [0.1, 0.15) is 6.33 Å². The summed E-state index contributed by atoms with van der Waals surface area (Å²) >= 11 is 0. The van der Waals surface area contributed by atoms with Crippen molar-refractivity contribution in [1.29, 1.82) is 0 Å². The molecule has 5 nitrogen and oxygen atoms in total. The lowest BCUT2D eigenvalue weighted by molar-refractivity contribution is 0.682. The van der Waals surface area contributed by atoms with E-state index in [1.807, 2.05) is 32.0 Å². The minimum atomic E-state index is -0.302. The lowest BCUT2D eigenvalue weighted by Gasteiger charge is -2.12. The first-order valence-corrected chi connectivity index (χ1v) is 7.89. The van der Waals surface area contributed by atoms with Crippen LogP contribution in [0.2, 0.25) is 0 Å². The van der Waals surface area contributed by atoms with Crippen LogP contribution >= 0.6 is 0 Å². The maximum Gasteiger partial charge on any atom is 0.356 e. The Morgan fingerprint density at radius 1 is 1.14 bits per heavy atom. The van der Waals surface area contributed by atoms with E-state index in [1.165, 1.54) is 23.8 Å². The second-order valence-electron chi connectivity index (χ2n) is 5.56.